The summed E-state index contributed by atoms with van der Waals surface area (Å²) in [6.45, 7) is 5.28. The van der Waals surface area contributed by atoms with Crippen LogP contribution < -0.4 is 10.1 Å². The van der Waals surface area contributed by atoms with Crippen molar-refractivity contribution >= 4 is 34.4 Å². The number of aromatic nitrogens is 5. The standard InChI is InChI=1S/C29H31ClFN7O4/c1-17-10-20(42-27-4-7-32-25(36-27)14-34-28-22(30)12-19(31)13-33-28)5-8-37(17)16-26-35-23-3-2-18(29(39)40)11-24(23)38(26)15-21-6-9-41-21/h2-4,7,11-13,17,20-21H,5-6,8-10,14-16H2,1H3,(H,33,34)(H,39,40)/t17-,20-,21-/m0/s1. The molecule has 11 nitrogen and oxygen atoms in total. The fourth-order valence-electron chi connectivity index (χ4n) is 5.37. The Morgan fingerprint density at radius 3 is 2.83 bits per heavy atom. The molecule has 42 heavy (non-hydrogen) atoms. The average molecular weight is 596 g/mol. The van der Waals surface area contributed by atoms with Crippen molar-refractivity contribution in [3.63, 3.8) is 0 Å². The van der Waals surface area contributed by atoms with E-state index in [2.05, 4.69) is 36.7 Å². The van der Waals surface area contributed by atoms with E-state index >= 15 is 0 Å². The molecular formula is C29H31ClFN7O4. The van der Waals surface area contributed by atoms with Crippen LogP contribution in [0.2, 0.25) is 5.02 Å². The zero-order valence-electron chi connectivity index (χ0n) is 23.0. The van der Waals surface area contributed by atoms with E-state index < -0.39 is 11.8 Å². The lowest BCUT2D eigenvalue weighted by Gasteiger charge is -2.37. The Bertz CT molecular complexity index is 1600. The molecule has 3 aromatic heterocycles. The largest absolute Gasteiger partial charge is 0.478 e. The zero-order chi connectivity index (χ0) is 29.2. The lowest BCUT2D eigenvalue weighted by Crippen LogP contribution is -2.44. The van der Waals surface area contributed by atoms with Gasteiger partial charge in [-0.3, -0.25) is 4.90 Å². The van der Waals surface area contributed by atoms with E-state index in [0.29, 0.717) is 30.6 Å². The second-order valence-corrected chi connectivity index (χ2v) is 11.1. The van der Waals surface area contributed by atoms with Gasteiger partial charge in [-0.05, 0) is 50.5 Å². The number of ether oxygens (including phenoxy) is 2. The van der Waals surface area contributed by atoms with Gasteiger partial charge in [-0.15, -0.1) is 0 Å². The summed E-state index contributed by atoms with van der Waals surface area (Å²) >= 11 is 6.04. The maximum Gasteiger partial charge on any atom is 0.335 e. The Kier molecular flexibility index (Phi) is 8.18. The fourth-order valence-corrected chi connectivity index (χ4v) is 5.59. The number of anilines is 1. The van der Waals surface area contributed by atoms with Crippen LogP contribution in [0.4, 0.5) is 10.2 Å². The zero-order valence-corrected chi connectivity index (χ0v) is 23.8. The molecule has 0 saturated carbocycles. The quantitative estimate of drug-likeness (QED) is 0.270. The van der Waals surface area contributed by atoms with Crippen molar-refractivity contribution < 1.29 is 23.8 Å². The van der Waals surface area contributed by atoms with Crippen molar-refractivity contribution in [2.24, 2.45) is 0 Å². The molecule has 6 rings (SSSR count). The molecule has 2 aliphatic heterocycles. The van der Waals surface area contributed by atoms with Gasteiger partial charge in [0.2, 0.25) is 5.88 Å². The summed E-state index contributed by atoms with van der Waals surface area (Å²) < 4.78 is 27.3. The number of likely N-dealkylation sites (tertiary alicyclic amines) is 1. The molecule has 2 saturated heterocycles. The Morgan fingerprint density at radius 1 is 1.24 bits per heavy atom. The van der Waals surface area contributed by atoms with Gasteiger partial charge >= 0.3 is 5.97 Å². The number of fused-ring (bicyclic) bond motifs is 1. The number of piperidine rings is 1. The summed E-state index contributed by atoms with van der Waals surface area (Å²) in [7, 11) is 0. The van der Waals surface area contributed by atoms with E-state index in [9.17, 15) is 14.3 Å². The van der Waals surface area contributed by atoms with Gasteiger partial charge in [-0.1, -0.05) is 11.6 Å². The van der Waals surface area contributed by atoms with Crippen molar-refractivity contribution in [1.82, 2.24) is 29.4 Å². The van der Waals surface area contributed by atoms with Crippen LogP contribution in [0, 0.1) is 5.82 Å². The maximum absolute atomic E-state index is 13.3. The molecule has 2 aliphatic rings. The van der Waals surface area contributed by atoms with E-state index in [-0.39, 0.29) is 35.4 Å². The van der Waals surface area contributed by atoms with Gasteiger partial charge in [-0.25, -0.2) is 24.1 Å². The Labute approximate surface area is 246 Å². The minimum atomic E-state index is -0.955. The molecule has 0 aliphatic carbocycles. The summed E-state index contributed by atoms with van der Waals surface area (Å²) in [5.74, 6) is 0.780. The average Bonchev–Trinajstić information content (AvgIpc) is 3.28. The number of carboxylic acid groups (broad SMARTS) is 1. The molecule has 2 N–H and O–H groups in total. The van der Waals surface area contributed by atoms with Crippen LogP contribution in [0.15, 0.2) is 42.7 Å². The van der Waals surface area contributed by atoms with Crippen LogP contribution in [0.1, 0.15) is 48.2 Å². The van der Waals surface area contributed by atoms with Crippen molar-refractivity contribution in [2.75, 3.05) is 18.5 Å². The summed E-state index contributed by atoms with van der Waals surface area (Å²) in [6, 6.07) is 8.23. The third-order valence-corrected chi connectivity index (χ3v) is 8.04. The van der Waals surface area contributed by atoms with Crippen LogP contribution in [0.5, 0.6) is 5.88 Å². The van der Waals surface area contributed by atoms with Gasteiger partial charge in [-0.2, -0.15) is 4.98 Å². The molecule has 0 bridgehead atoms. The maximum atomic E-state index is 13.3. The summed E-state index contributed by atoms with van der Waals surface area (Å²) in [4.78, 5) is 31.6. The number of carbonyl (C=O) groups is 1. The molecule has 0 radical (unpaired) electrons. The number of hydrogen-bond donors (Lipinski definition) is 2. The SMILES string of the molecule is C[C@H]1C[C@@H](Oc2ccnc(CNc3ncc(F)cc3Cl)n2)CCN1Cc1nc2ccc(C(=O)O)cc2n1C[C@@H]1CCO1. The number of aromatic carboxylic acids is 1. The number of halogens is 2. The van der Waals surface area contributed by atoms with E-state index in [4.69, 9.17) is 26.1 Å². The lowest BCUT2D eigenvalue weighted by atomic mass is 10.0. The van der Waals surface area contributed by atoms with Crippen LogP contribution >= 0.6 is 11.6 Å². The van der Waals surface area contributed by atoms with E-state index in [1.165, 1.54) is 6.07 Å². The second kappa shape index (κ2) is 12.2. The van der Waals surface area contributed by atoms with Gasteiger partial charge in [0.25, 0.3) is 0 Å². The molecule has 0 spiro atoms. The van der Waals surface area contributed by atoms with E-state index in [0.717, 1.165) is 55.5 Å². The highest BCUT2D eigenvalue weighted by molar-refractivity contribution is 6.32. The number of hydrogen-bond acceptors (Lipinski definition) is 9. The van der Waals surface area contributed by atoms with Crippen LogP contribution in [-0.4, -0.2) is 71.9 Å². The van der Waals surface area contributed by atoms with Gasteiger partial charge < -0.3 is 24.5 Å². The highest BCUT2D eigenvalue weighted by Gasteiger charge is 2.29. The molecule has 0 amide bonds. The predicted molar refractivity (Wildman–Crippen MR) is 153 cm³/mol. The van der Waals surface area contributed by atoms with Crippen molar-refractivity contribution in [3.05, 3.63) is 70.8 Å². The molecule has 1 aromatic carbocycles. The normalized spacial score (nSPS) is 20.8. The Hall–Kier alpha value is -3.87. The highest BCUT2D eigenvalue weighted by Crippen LogP contribution is 2.27. The van der Waals surface area contributed by atoms with E-state index in [1.807, 2.05) is 0 Å². The van der Waals surface area contributed by atoms with Crippen molar-refractivity contribution in [3.8, 4) is 5.88 Å². The third kappa shape index (κ3) is 6.30. The Balaban J connectivity index is 1.09. The number of benzene rings is 1. The molecule has 220 valence electrons. The Morgan fingerprint density at radius 2 is 2.10 bits per heavy atom. The van der Waals surface area contributed by atoms with Crippen molar-refractivity contribution in [2.45, 2.75) is 64.1 Å². The first-order valence-corrected chi connectivity index (χ1v) is 14.3. The minimum absolute atomic E-state index is 0.0134. The molecule has 5 heterocycles. The minimum Gasteiger partial charge on any atom is -0.478 e. The van der Waals surface area contributed by atoms with Gasteiger partial charge in [0.05, 0.1) is 53.6 Å². The topological polar surface area (TPSA) is 128 Å². The predicted octanol–water partition coefficient (Wildman–Crippen LogP) is 4.54. The number of nitrogens with zero attached hydrogens (tertiary/aromatic N) is 6. The summed E-state index contributed by atoms with van der Waals surface area (Å²) in [5.41, 5.74) is 1.85. The van der Waals surface area contributed by atoms with Crippen LogP contribution in [-0.2, 0) is 24.4 Å². The highest BCUT2D eigenvalue weighted by atomic mass is 35.5. The van der Waals surface area contributed by atoms with Crippen LogP contribution in [0.3, 0.4) is 0 Å². The summed E-state index contributed by atoms with van der Waals surface area (Å²) in [6.07, 6.45) is 5.44. The molecule has 0 unspecified atom stereocenters. The first kappa shape index (κ1) is 28.3. The molecule has 2 fully saturated rings. The number of nitrogens with one attached hydrogen (secondary N) is 1. The van der Waals surface area contributed by atoms with Gasteiger partial charge in [0.15, 0.2) is 5.82 Å². The monoisotopic (exact) mass is 595 g/mol. The van der Waals surface area contributed by atoms with E-state index in [1.54, 1.807) is 30.5 Å². The smallest absolute Gasteiger partial charge is 0.335 e. The molecule has 13 heteroatoms. The van der Waals surface area contributed by atoms with Crippen molar-refractivity contribution in [1.29, 1.82) is 0 Å². The third-order valence-electron chi connectivity index (χ3n) is 7.75. The first-order valence-electron chi connectivity index (χ1n) is 13.9. The number of pyridine rings is 1. The number of imidazole rings is 1. The molecular weight excluding hydrogens is 565 g/mol. The number of carboxylic acids is 1. The molecule has 3 atom stereocenters. The first-order chi connectivity index (χ1) is 20.3. The second-order valence-electron chi connectivity index (χ2n) is 10.7. The summed E-state index contributed by atoms with van der Waals surface area (Å²) in [5, 5.41) is 12.7. The molecule has 4 aromatic rings. The number of rotatable bonds is 10. The van der Waals surface area contributed by atoms with Crippen LogP contribution in [0.25, 0.3) is 11.0 Å². The van der Waals surface area contributed by atoms with Gasteiger partial charge in [0, 0.05) is 31.5 Å². The lowest BCUT2D eigenvalue weighted by molar-refractivity contribution is -0.0593. The fraction of sp³-hybridized carbons (Fsp3) is 0.414. The van der Waals surface area contributed by atoms with Gasteiger partial charge in [0.1, 0.15) is 23.6 Å².